The molecule has 0 unspecified atom stereocenters. The van der Waals surface area contributed by atoms with Crippen LogP contribution in [-0.4, -0.2) is 27.4 Å². The predicted molar refractivity (Wildman–Crippen MR) is 140 cm³/mol. The van der Waals surface area contributed by atoms with Crippen LogP contribution in [0.25, 0.3) is 0 Å². The van der Waals surface area contributed by atoms with Gasteiger partial charge in [0.1, 0.15) is 0 Å². The fourth-order valence-electron chi connectivity index (χ4n) is 3.08. The van der Waals surface area contributed by atoms with Gasteiger partial charge < -0.3 is 0 Å². The lowest BCUT2D eigenvalue weighted by molar-refractivity contribution is 0.502. The first kappa shape index (κ1) is 29.3. The molecule has 0 N–H and O–H groups in total. The fourth-order valence-corrected chi connectivity index (χ4v) is 3.08. The summed E-state index contributed by atoms with van der Waals surface area (Å²) in [5.74, 6) is 0. The van der Waals surface area contributed by atoms with Gasteiger partial charge in [0, 0.05) is 0 Å². The summed E-state index contributed by atoms with van der Waals surface area (Å²) in [6, 6.07) is 0. The Labute approximate surface area is 205 Å². The van der Waals surface area contributed by atoms with Gasteiger partial charge in [-0.25, -0.2) is 56.2 Å². The van der Waals surface area contributed by atoms with Crippen LogP contribution in [-0.2, 0) is 39.3 Å². The normalized spacial score (nSPS) is 10.0. The average Bonchev–Trinajstić information content (AvgIpc) is 2.86. The first-order valence-electron chi connectivity index (χ1n) is 10.7. The molecule has 0 fully saturated rings. The lowest BCUT2D eigenvalue weighted by atomic mass is 10.5. The van der Waals surface area contributed by atoms with Crippen LogP contribution in [0, 0.1) is 0 Å². The summed E-state index contributed by atoms with van der Waals surface area (Å²) in [6.45, 7) is 21.1. The van der Waals surface area contributed by atoms with Crippen LogP contribution >= 0.6 is 0 Å². The lowest BCUT2D eigenvalue weighted by Gasteiger charge is -2.10. The van der Waals surface area contributed by atoms with Crippen molar-refractivity contribution in [3.05, 3.63) is 139 Å². The molecule has 0 aliphatic heterocycles. The van der Waals surface area contributed by atoms with Crippen LogP contribution in [0.2, 0.25) is 0 Å². The predicted octanol–water partition coefficient (Wildman–Crippen LogP) is -0.541. The summed E-state index contributed by atoms with van der Waals surface area (Å²) in [5.41, 5.74) is -3.97. The molecule has 0 amide bonds. The third-order valence-corrected chi connectivity index (χ3v) is 4.64. The molecule has 192 valence electrons. The molecule has 2 rings (SSSR count). The molecule has 2 aromatic heterocycles. The van der Waals surface area contributed by atoms with Gasteiger partial charge in [-0.3, -0.25) is 0 Å². The van der Waals surface area contributed by atoms with E-state index in [4.69, 9.17) is 0 Å². The molecule has 0 aliphatic carbocycles. The second-order valence-corrected chi connectivity index (χ2v) is 7.09. The number of rotatable bonds is 12. The Hall–Kier alpha value is -4.74. The highest BCUT2D eigenvalue weighted by Gasteiger charge is 2.13. The maximum atomic E-state index is 11.9. The van der Waals surface area contributed by atoms with Crippen LogP contribution in [0.5, 0.6) is 0 Å². The molecule has 0 atom stereocenters. The summed E-state index contributed by atoms with van der Waals surface area (Å²) < 4.78 is 5.67. The summed E-state index contributed by atoms with van der Waals surface area (Å²) in [5, 5.41) is 0. The summed E-state index contributed by atoms with van der Waals surface area (Å²) >= 11 is 0. The molecule has 2 aromatic rings. The van der Waals surface area contributed by atoms with Crippen molar-refractivity contribution in [1.82, 2.24) is 27.4 Å². The Balaban J connectivity index is 0.000000360. The quantitative estimate of drug-likeness (QED) is 0.361. The molecule has 0 aliphatic rings. The van der Waals surface area contributed by atoms with Crippen molar-refractivity contribution < 1.29 is 0 Å². The van der Waals surface area contributed by atoms with E-state index in [2.05, 4.69) is 39.5 Å². The van der Waals surface area contributed by atoms with E-state index in [9.17, 15) is 28.8 Å². The minimum atomic E-state index is -0.662. The highest BCUT2D eigenvalue weighted by Crippen LogP contribution is 1.81. The number of aromatic nitrogens is 6. The van der Waals surface area contributed by atoms with Gasteiger partial charge in [-0.05, 0) is 0 Å². The maximum Gasteiger partial charge on any atom is 0.336 e. The highest BCUT2D eigenvalue weighted by atomic mass is 16.2. The molecule has 0 bridgehead atoms. The zero-order valence-electron chi connectivity index (χ0n) is 20.1. The number of hydrogen-bond acceptors (Lipinski definition) is 6. The molecule has 12 heteroatoms. The van der Waals surface area contributed by atoms with Crippen LogP contribution in [0.1, 0.15) is 0 Å². The van der Waals surface area contributed by atoms with Crippen LogP contribution in [0.15, 0.2) is 105 Å². The highest BCUT2D eigenvalue weighted by molar-refractivity contribution is 4.87. The standard InChI is InChI=1S/2C12H15N3O3/c2*1-4-7-13-10(16)14(8-5-2)12(18)15(9-6-3)11(13)17/h2*4-6H,1-3,7-9H2. The van der Waals surface area contributed by atoms with Crippen LogP contribution in [0.4, 0.5) is 0 Å². The number of hydrogen-bond donors (Lipinski definition) is 0. The van der Waals surface area contributed by atoms with E-state index in [1.54, 1.807) is 0 Å². The van der Waals surface area contributed by atoms with Gasteiger partial charge in [-0.1, -0.05) is 36.5 Å². The van der Waals surface area contributed by atoms with E-state index in [0.29, 0.717) is 0 Å². The minimum absolute atomic E-state index is 0.0478. The SMILES string of the molecule is C=CCn1c(=O)n(CC=C)c(=O)n(CC=C)c1=O.C=CCn1c(=O)n(CC=C)c(=O)n(CC=C)c1=O. The van der Waals surface area contributed by atoms with Crippen LogP contribution in [0.3, 0.4) is 0 Å². The Morgan fingerprint density at radius 1 is 0.333 bits per heavy atom. The number of nitrogens with zero attached hydrogens (tertiary/aromatic N) is 6. The third kappa shape index (κ3) is 6.23. The van der Waals surface area contributed by atoms with Crippen molar-refractivity contribution >= 4 is 0 Å². The summed E-state index contributed by atoms with van der Waals surface area (Å²) in [6.07, 6.45) is 8.52. The maximum absolute atomic E-state index is 11.9. The molecule has 0 saturated heterocycles. The smallest absolute Gasteiger partial charge is 0.247 e. The summed E-state index contributed by atoms with van der Waals surface area (Å²) in [7, 11) is 0. The first-order chi connectivity index (χ1) is 17.2. The van der Waals surface area contributed by atoms with E-state index >= 15 is 0 Å². The molecule has 0 spiro atoms. The zero-order chi connectivity index (χ0) is 27.4. The van der Waals surface area contributed by atoms with Crippen molar-refractivity contribution in [3.63, 3.8) is 0 Å². The Morgan fingerprint density at radius 2 is 0.444 bits per heavy atom. The topological polar surface area (TPSA) is 132 Å². The third-order valence-electron chi connectivity index (χ3n) is 4.64. The second-order valence-electron chi connectivity index (χ2n) is 7.09. The largest absolute Gasteiger partial charge is 0.336 e. The van der Waals surface area contributed by atoms with Gasteiger partial charge in [0.2, 0.25) is 0 Å². The first-order valence-corrected chi connectivity index (χ1v) is 10.7. The van der Waals surface area contributed by atoms with Gasteiger partial charge >= 0.3 is 34.1 Å². The molecule has 36 heavy (non-hydrogen) atoms. The Kier molecular flexibility index (Phi) is 11.3. The van der Waals surface area contributed by atoms with Crippen molar-refractivity contribution in [2.45, 2.75) is 39.3 Å². The van der Waals surface area contributed by atoms with E-state index in [-0.39, 0.29) is 39.3 Å². The van der Waals surface area contributed by atoms with Gasteiger partial charge in [0.05, 0.1) is 39.3 Å². The fraction of sp³-hybridized carbons (Fsp3) is 0.250. The van der Waals surface area contributed by atoms with Crippen molar-refractivity contribution in [1.29, 1.82) is 0 Å². The monoisotopic (exact) mass is 498 g/mol. The van der Waals surface area contributed by atoms with Gasteiger partial charge in [0.15, 0.2) is 0 Å². The van der Waals surface area contributed by atoms with E-state index in [0.717, 1.165) is 27.4 Å². The van der Waals surface area contributed by atoms with Gasteiger partial charge in [-0.2, -0.15) is 0 Å². The summed E-state index contributed by atoms with van der Waals surface area (Å²) in [4.78, 5) is 71.6. The minimum Gasteiger partial charge on any atom is -0.247 e. The van der Waals surface area contributed by atoms with E-state index in [1.165, 1.54) is 36.5 Å². The van der Waals surface area contributed by atoms with Crippen molar-refractivity contribution in [3.8, 4) is 0 Å². The lowest BCUT2D eigenvalue weighted by Crippen LogP contribution is -2.54. The molecular weight excluding hydrogens is 468 g/mol. The molecule has 2 heterocycles. The van der Waals surface area contributed by atoms with Crippen molar-refractivity contribution in [2.24, 2.45) is 0 Å². The molecule has 12 nitrogen and oxygen atoms in total. The average molecular weight is 499 g/mol. The van der Waals surface area contributed by atoms with Gasteiger partial charge in [-0.15, -0.1) is 39.5 Å². The molecule has 0 saturated carbocycles. The van der Waals surface area contributed by atoms with E-state index < -0.39 is 34.1 Å². The van der Waals surface area contributed by atoms with E-state index in [1.807, 2.05) is 0 Å². The van der Waals surface area contributed by atoms with Gasteiger partial charge in [0.25, 0.3) is 0 Å². The molecule has 0 aromatic carbocycles. The zero-order valence-corrected chi connectivity index (χ0v) is 20.1. The van der Waals surface area contributed by atoms with Crippen LogP contribution < -0.4 is 34.1 Å². The Morgan fingerprint density at radius 3 is 0.528 bits per heavy atom. The molecular formula is C24H30N6O6. The Bertz CT molecular complexity index is 1170. The molecule has 0 radical (unpaired) electrons. The number of allylic oxidation sites excluding steroid dienone is 6. The second kappa shape index (κ2) is 13.8. The van der Waals surface area contributed by atoms with Crippen molar-refractivity contribution in [2.75, 3.05) is 0 Å².